The number of fused-ring (bicyclic) bond motifs is 1. The molecule has 16 heavy (non-hydrogen) atoms. The topological polar surface area (TPSA) is 9.23 Å². The van der Waals surface area contributed by atoms with Gasteiger partial charge in [0.15, 0.2) is 11.6 Å². The molecule has 1 atom stereocenters. The van der Waals surface area contributed by atoms with Gasteiger partial charge in [0.1, 0.15) is 0 Å². The molecule has 1 aromatic carbocycles. The maximum absolute atomic E-state index is 13.4. The molecule has 1 nitrogen and oxygen atoms in total. The van der Waals surface area contributed by atoms with E-state index in [1.165, 1.54) is 0 Å². The third kappa shape index (κ3) is 2.34. The van der Waals surface area contributed by atoms with Crippen molar-refractivity contribution in [3.63, 3.8) is 0 Å². The van der Waals surface area contributed by atoms with Crippen molar-refractivity contribution >= 4 is 0 Å². The predicted molar refractivity (Wildman–Crippen MR) is 60.9 cm³/mol. The second-order valence-corrected chi connectivity index (χ2v) is 3.78. The van der Waals surface area contributed by atoms with Crippen molar-refractivity contribution in [2.75, 3.05) is 0 Å². The fourth-order valence-electron chi connectivity index (χ4n) is 1.74. The number of benzene rings is 1. The smallest absolute Gasteiger partial charge is 0.201 e. The normalized spacial score (nSPS) is 18.0. The lowest BCUT2D eigenvalue weighted by Crippen LogP contribution is -2.20. The molecular weight excluding hydrogens is 210 g/mol. The van der Waals surface area contributed by atoms with Crippen molar-refractivity contribution in [1.82, 2.24) is 0 Å². The van der Waals surface area contributed by atoms with Crippen LogP contribution >= 0.6 is 0 Å². The first-order valence-corrected chi connectivity index (χ1v) is 5.73. The molecule has 0 radical (unpaired) electrons. The number of ether oxygens (including phenoxy) is 1. The van der Waals surface area contributed by atoms with Crippen molar-refractivity contribution in [1.29, 1.82) is 0 Å². The molecule has 0 amide bonds. The zero-order valence-corrected chi connectivity index (χ0v) is 10.2. The Morgan fingerprint density at radius 3 is 2.50 bits per heavy atom. The Kier molecular flexibility index (Phi) is 4.27. The summed E-state index contributed by atoms with van der Waals surface area (Å²) in [7, 11) is 0. The zero-order chi connectivity index (χ0) is 12.3. The zero-order valence-electron chi connectivity index (χ0n) is 10.2. The molecule has 0 saturated carbocycles. The van der Waals surface area contributed by atoms with E-state index < -0.39 is 11.6 Å². The Labute approximate surface area is 95.4 Å². The molecular formula is C13H18F2O. The Morgan fingerprint density at radius 2 is 1.88 bits per heavy atom. The van der Waals surface area contributed by atoms with Gasteiger partial charge < -0.3 is 4.74 Å². The van der Waals surface area contributed by atoms with E-state index in [4.69, 9.17) is 4.74 Å². The average Bonchev–Trinajstić information content (AvgIpc) is 2.30. The van der Waals surface area contributed by atoms with E-state index in [-0.39, 0.29) is 11.9 Å². The molecule has 0 aromatic heterocycles. The molecule has 90 valence electrons. The van der Waals surface area contributed by atoms with Crippen LogP contribution in [0.5, 0.6) is 5.75 Å². The fourth-order valence-corrected chi connectivity index (χ4v) is 1.74. The van der Waals surface area contributed by atoms with Gasteiger partial charge in [-0.1, -0.05) is 13.8 Å². The van der Waals surface area contributed by atoms with E-state index in [0.717, 1.165) is 18.4 Å². The number of rotatable bonds is 0. The molecule has 1 aliphatic heterocycles. The summed E-state index contributed by atoms with van der Waals surface area (Å²) in [5.41, 5.74) is 1.12. The highest BCUT2D eigenvalue weighted by molar-refractivity contribution is 5.40. The largest absolute Gasteiger partial charge is 0.487 e. The van der Waals surface area contributed by atoms with Crippen LogP contribution in [-0.2, 0) is 6.42 Å². The Bertz CT molecular complexity index is 375. The summed E-state index contributed by atoms with van der Waals surface area (Å²) in [5.74, 6) is -1.53. The van der Waals surface area contributed by atoms with E-state index >= 15 is 0 Å². The van der Waals surface area contributed by atoms with Gasteiger partial charge >= 0.3 is 0 Å². The molecule has 0 spiro atoms. The highest BCUT2D eigenvalue weighted by atomic mass is 19.2. The SMILES string of the molecule is CC.Cc1cc2c(c(F)c1F)OC(C)CC2. The van der Waals surface area contributed by atoms with E-state index in [2.05, 4.69) is 0 Å². The van der Waals surface area contributed by atoms with E-state index in [0.29, 0.717) is 5.56 Å². The van der Waals surface area contributed by atoms with Gasteiger partial charge in [-0.05, 0) is 43.9 Å². The molecule has 2 rings (SSSR count). The van der Waals surface area contributed by atoms with Crippen LogP contribution in [0.4, 0.5) is 8.78 Å². The molecule has 0 bridgehead atoms. The summed E-state index contributed by atoms with van der Waals surface area (Å²) >= 11 is 0. The van der Waals surface area contributed by atoms with Gasteiger partial charge in [-0.15, -0.1) is 0 Å². The Morgan fingerprint density at radius 1 is 1.25 bits per heavy atom. The maximum atomic E-state index is 13.4. The fraction of sp³-hybridized carbons (Fsp3) is 0.538. The van der Waals surface area contributed by atoms with Crippen molar-refractivity contribution in [2.24, 2.45) is 0 Å². The lowest BCUT2D eigenvalue weighted by molar-refractivity contribution is 0.180. The monoisotopic (exact) mass is 228 g/mol. The van der Waals surface area contributed by atoms with Gasteiger partial charge in [-0.3, -0.25) is 0 Å². The van der Waals surface area contributed by atoms with Gasteiger partial charge in [-0.2, -0.15) is 4.39 Å². The van der Waals surface area contributed by atoms with Crippen LogP contribution in [0.3, 0.4) is 0 Å². The summed E-state index contributed by atoms with van der Waals surface area (Å²) in [5, 5.41) is 0. The second-order valence-electron chi connectivity index (χ2n) is 3.78. The predicted octanol–water partition coefficient (Wildman–Crippen LogP) is 4.01. The van der Waals surface area contributed by atoms with Gasteiger partial charge in [-0.25, -0.2) is 4.39 Å². The van der Waals surface area contributed by atoms with Crippen LogP contribution in [-0.4, -0.2) is 6.10 Å². The highest BCUT2D eigenvalue weighted by Crippen LogP contribution is 2.33. The summed E-state index contributed by atoms with van der Waals surface area (Å²) in [4.78, 5) is 0. The summed E-state index contributed by atoms with van der Waals surface area (Å²) in [6.45, 7) is 7.43. The number of hydrogen-bond donors (Lipinski definition) is 0. The molecule has 3 heteroatoms. The van der Waals surface area contributed by atoms with Gasteiger partial charge in [0.25, 0.3) is 0 Å². The van der Waals surface area contributed by atoms with Crippen LogP contribution in [0.15, 0.2) is 6.07 Å². The van der Waals surface area contributed by atoms with Crippen LogP contribution in [0.1, 0.15) is 38.3 Å². The molecule has 1 unspecified atom stereocenters. The van der Waals surface area contributed by atoms with Gasteiger partial charge in [0, 0.05) is 0 Å². The van der Waals surface area contributed by atoms with Crippen molar-refractivity contribution < 1.29 is 13.5 Å². The van der Waals surface area contributed by atoms with Gasteiger partial charge in [0.2, 0.25) is 5.82 Å². The van der Waals surface area contributed by atoms with E-state index in [1.807, 2.05) is 20.8 Å². The minimum atomic E-state index is -0.841. The number of aryl methyl sites for hydroxylation is 2. The van der Waals surface area contributed by atoms with Crippen LogP contribution in [0.25, 0.3) is 0 Å². The van der Waals surface area contributed by atoms with Crippen molar-refractivity contribution in [3.8, 4) is 5.75 Å². The Balaban J connectivity index is 0.000000606. The third-order valence-corrected chi connectivity index (χ3v) is 2.56. The second kappa shape index (κ2) is 5.28. The van der Waals surface area contributed by atoms with Crippen molar-refractivity contribution in [3.05, 3.63) is 28.8 Å². The summed E-state index contributed by atoms with van der Waals surface area (Å²) in [6, 6.07) is 1.67. The molecule has 1 heterocycles. The lowest BCUT2D eigenvalue weighted by atomic mass is 10.0. The minimum Gasteiger partial charge on any atom is -0.487 e. The third-order valence-electron chi connectivity index (χ3n) is 2.56. The lowest BCUT2D eigenvalue weighted by Gasteiger charge is -2.24. The van der Waals surface area contributed by atoms with Crippen LogP contribution < -0.4 is 4.74 Å². The molecule has 1 aliphatic rings. The summed E-state index contributed by atoms with van der Waals surface area (Å²) < 4.78 is 31.9. The van der Waals surface area contributed by atoms with Gasteiger partial charge in [0.05, 0.1) is 6.10 Å². The van der Waals surface area contributed by atoms with Crippen LogP contribution in [0, 0.1) is 18.6 Å². The van der Waals surface area contributed by atoms with E-state index in [1.54, 1.807) is 13.0 Å². The van der Waals surface area contributed by atoms with E-state index in [9.17, 15) is 8.78 Å². The first-order chi connectivity index (χ1) is 7.59. The first kappa shape index (κ1) is 12.9. The molecule has 1 aromatic rings. The van der Waals surface area contributed by atoms with Crippen LogP contribution in [0.2, 0.25) is 0 Å². The molecule has 0 fully saturated rings. The summed E-state index contributed by atoms with van der Waals surface area (Å²) in [6.07, 6.45) is 1.59. The highest BCUT2D eigenvalue weighted by Gasteiger charge is 2.23. The molecule has 0 saturated heterocycles. The Hall–Kier alpha value is -1.12. The number of hydrogen-bond acceptors (Lipinski definition) is 1. The molecule has 0 aliphatic carbocycles. The minimum absolute atomic E-state index is 0.0286. The first-order valence-electron chi connectivity index (χ1n) is 5.73. The quantitative estimate of drug-likeness (QED) is 0.651. The number of halogens is 2. The molecule has 0 N–H and O–H groups in total. The standard InChI is InChI=1S/C11H12F2O.C2H6/c1-6-5-8-4-3-7(2)14-11(8)10(13)9(6)12;1-2/h5,7H,3-4H2,1-2H3;1-2H3. The van der Waals surface area contributed by atoms with Crippen molar-refractivity contribution in [2.45, 2.75) is 46.6 Å². The maximum Gasteiger partial charge on any atom is 0.201 e. The average molecular weight is 228 g/mol.